The molecule has 0 aliphatic carbocycles. The van der Waals surface area contributed by atoms with Gasteiger partial charge in [-0.3, -0.25) is 9.78 Å². The number of nitrogen functional groups attached to an aromatic ring is 1. The van der Waals surface area contributed by atoms with Crippen molar-refractivity contribution in [2.45, 2.75) is 25.8 Å². The fourth-order valence-corrected chi connectivity index (χ4v) is 2.92. The van der Waals surface area contributed by atoms with Crippen molar-refractivity contribution >= 4 is 17.3 Å². The highest BCUT2D eigenvalue weighted by molar-refractivity contribution is 5.79. The van der Waals surface area contributed by atoms with Crippen LogP contribution < -0.4 is 16.0 Å². The van der Waals surface area contributed by atoms with Gasteiger partial charge in [0.05, 0.1) is 18.3 Å². The van der Waals surface area contributed by atoms with Crippen molar-refractivity contribution in [3.8, 4) is 0 Å². The highest BCUT2D eigenvalue weighted by Gasteiger charge is 2.24. The van der Waals surface area contributed by atoms with Gasteiger partial charge in [-0.15, -0.1) is 0 Å². The summed E-state index contributed by atoms with van der Waals surface area (Å²) in [5, 5.41) is 3.12. The summed E-state index contributed by atoms with van der Waals surface area (Å²) >= 11 is 0. The first-order valence-electron chi connectivity index (χ1n) is 7.90. The van der Waals surface area contributed by atoms with E-state index in [-0.39, 0.29) is 11.9 Å². The predicted octanol–water partition coefficient (Wildman–Crippen LogP) is 1.91. The van der Waals surface area contributed by atoms with Gasteiger partial charge in [0, 0.05) is 31.0 Å². The van der Waals surface area contributed by atoms with Crippen LogP contribution in [0.2, 0.25) is 0 Å². The zero-order valence-electron chi connectivity index (χ0n) is 13.3. The topological polar surface area (TPSA) is 71.2 Å². The Morgan fingerprint density at radius 3 is 2.87 bits per heavy atom. The highest BCUT2D eigenvalue weighted by atomic mass is 16.1. The fraction of sp³-hybridized carbons (Fsp3) is 0.333. The van der Waals surface area contributed by atoms with E-state index in [0.29, 0.717) is 12.1 Å². The first kappa shape index (κ1) is 15.3. The van der Waals surface area contributed by atoms with Gasteiger partial charge in [0.1, 0.15) is 0 Å². The summed E-state index contributed by atoms with van der Waals surface area (Å²) in [4.78, 5) is 18.7. The number of carbonyl (C=O) groups is 1. The Morgan fingerprint density at radius 1 is 1.35 bits per heavy atom. The molecule has 0 unspecified atom stereocenters. The van der Waals surface area contributed by atoms with Crippen LogP contribution in [-0.4, -0.2) is 30.0 Å². The van der Waals surface area contributed by atoms with Crippen LogP contribution in [0.25, 0.3) is 0 Å². The molecule has 2 aromatic rings. The van der Waals surface area contributed by atoms with E-state index < -0.39 is 0 Å². The van der Waals surface area contributed by atoms with Crippen molar-refractivity contribution in [1.82, 2.24) is 10.3 Å². The minimum absolute atomic E-state index is 0.0592. The number of pyridine rings is 1. The Kier molecular flexibility index (Phi) is 4.46. The largest absolute Gasteiger partial charge is 0.399 e. The number of rotatable bonds is 4. The van der Waals surface area contributed by atoms with Gasteiger partial charge in [0.2, 0.25) is 5.91 Å². The third kappa shape index (κ3) is 4.00. The van der Waals surface area contributed by atoms with Crippen molar-refractivity contribution in [3.05, 3.63) is 53.9 Å². The van der Waals surface area contributed by atoms with E-state index in [9.17, 15) is 4.79 Å². The second kappa shape index (κ2) is 6.69. The molecule has 1 saturated heterocycles. The first-order valence-corrected chi connectivity index (χ1v) is 7.90. The molecule has 1 atom stereocenters. The molecule has 1 amide bonds. The van der Waals surface area contributed by atoms with Crippen LogP contribution in [-0.2, 0) is 11.2 Å². The number of amides is 1. The van der Waals surface area contributed by atoms with Crippen molar-refractivity contribution in [2.24, 2.45) is 0 Å². The number of carbonyl (C=O) groups excluding carboxylic acids is 1. The maximum atomic E-state index is 12.2. The third-order valence-electron chi connectivity index (χ3n) is 4.12. The van der Waals surface area contributed by atoms with E-state index in [4.69, 9.17) is 5.73 Å². The molecule has 120 valence electrons. The number of hydrogen-bond acceptors (Lipinski definition) is 4. The monoisotopic (exact) mass is 310 g/mol. The van der Waals surface area contributed by atoms with E-state index in [2.05, 4.69) is 21.3 Å². The number of aromatic nitrogens is 1. The summed E-state index contributed by atoms with van der Waals surface area (Å²) in [5.41, 5.74) is 9.63. The summed E-state index contributed by atoms with van der Waals surface area (Å²) < 4.78 is 0. The predicted molar refractivity (Wildman–Crippen MR) is 92.3 cm³/mol. The molecule has 1 aliphatic rings. The van der Waals surface area contributed by atoms with Crippen LogP contribution in [0.1, 0.15) is 17.5 Å². The van der Waals surface area contributed by atoms with Gasteiger partial charge in [0.15, 0.2) is 0 Å². The Hall–Kier alpha value is -2.56. The quantitative estimate of drug-likeness (QED) is 0.846. The van der Waals surface area contributed by atoms with E-state index >= 15 is 0 Å². The molecule has 0 radical (unpaired) electrons. The van der Waals surface area contributed by atoms with E-state index in [0.717, 1.165) is 36.3 Å². The van der Waals surface area contributed by atoms with E-state index in [1.165, 1.54) is 0 Å². The first-order chi connectivity index (χ1) is 11.1. The third-order valence-corrected chi connectivity index (χ3v) is 4.12. The molecular formula is C18H22N4O. The number of nitrogens with one attached hydrogen (secondary N) is 1. The van der Waals surface area contributed by atoms with E-state index in [1.807, 2.05) is 43.6 Å². The maximum Gasteiger partial charge on any atom is 0.224 e. The molecule has 23 heavy (non-hydrogen) atoms. The Labute approximate surface area is 136 Å². The second-order valence-electron chi connectivity index (χ2n) is 6.14. The molecule has 0 bridgehead atoms. The minimum atomic E-state index is 0.0592. The van der Waals surface area contributed by atoms with Crippen LogP contribution in [0.15, 0.2) is 42.7 Å². The number of nitrogens with two attached hydrogens (primary N) is 1. The summed E-state index contributed by atoms with van der Waals surface area (Å²) in [6, 6.07) is 9.76. The molecule has 0 spiro atoms. The molecule has 1 aliphatic heterocycles. The normalized spacial score (nSPS) is 17.3. The molecular weight excluding hydrogens is 288 g/mol. The maximum absolute atomic E-state index is 12.2. The lowest BCUT2D eigenvalue weighted by Gasteiger charge is -2.19. The summed E-state index contributed by atoms with van der Waals surface area (Å²) in [5.74, 6) is 0.0592. The molecule has 3 N–H and O–H groups in total. The number of aryl methyl sites for hydroxylation is 1. The number of benzene rings is 1. The molecule has 3 rings (SSSR count). The SMILES string of the molecule is Cc1cncc(N2CC[C@@H](NC(=O)Cc3ccc(N)cc3)C2)c1. The molecule has 1 aromatic carbocycles. The molecule has 5 heteroatoms. The number of nitrogens with zero attached hydrogens (tertiary/aromatic N) is 2. The van der Waals surface area contributed by atoms with Crippen molar-refractivity contribution in [3.63, 3.8) is 0 Å². The standard InChI is InChI=1S/C18H22N4O/c1-13-8-17(11-20-10-13)22-7-6-16(12-22)21-18(23)9-14-2-4-15(19)5-3-14/h2-5,8,10-11,16H,6-7,9,12,19H2,1H3,(H,21,23)/t16-/m1/s1. The zero-order chi connectivity index (χ0) is 16.2. The van der Waals surface area contributed by atoms with Crippen molar-refractivity contribution < 1.29 is 4.79 Å². The minimum Gasteiger partial charge on any atom is -0.399 e. The lowest BCUT2D eigenvalue weighted by atomic mass is 10.1. The fourth-order valence-electron chi connectivity index (χ4n) is 2.92. The summed E-state index contributed by atoms with van der Waals surface area (Å²) in [6.45, 7) is 3.81. The van der Waals surface area contributed by atoms with Gasteiger partial charge < -0.3 is 16.0 Å². The average Bonchev–Trinajstić information content (AvgIpc) is 2.98. The van der Waals surface area contributed by atoms with Gasteiger partial charge in [0.25, 0.3) is 0 Å². The van der Waals surface area contributed by atoms with Crippen LogP contribution in [0.4, 0.5) is 11.4 Å². The Bertz CT molecular complexity index is 684. The van der Waals surface area contributed by atoms with Crippen LogP contribution in [0.3, 0.4) is 0 Å². The molecule has 2 heterocycles. The molecule has 1 fully saturated rings. The lowest BCUT2D eigenvalue weighted by molar-refractivity contribution is -0.121. The van der Waals surface area contributed by atoms with Crippen LogP contribution in [0, 0.1) is 6.92 Å². The van der Waals surface area contributed by atoms with Gasteiger partial charge in [-0.1, -0.05) is 12.1 Å². The average molecular weight is 310 g/mol. The van der Waals surface area contributed by atoms with Crippen molar-refractivity contribution in [2.75, 3.05) is 23.7 Å². The lowest BCUT2D eigenvalue weighted by Crippen LogP contribution is -2.38. The van der Waals surface area contributed by atoms with Gasteiger partial charge in [-0.25, -0.2) is 0 Å². The summed E-state index contributed by atoms with van der Waals surface area (Å²) in [7, 11) is 0. The smallest absolute Gasteiger partial charge is 0.224 e. The highest BCUT2D eigenvalue weighted by Crippen LogP contribution is 2.20. The molecule has 1 aromatic heterocycles. The Morgan fingerprint density at radius 2 is 2.13 bits per heavy atom. The van der Waals surface area contributed by atoms with Crippen LogP contribution >= 0.6 is 0 Å². The van der Waals surface area contributed by atoms with Gasteiger partial charge >= 0.3 is 0 Å². The molecule has 0 saturated carbocycles. The van der Waals surface area contributed by atoms with E-state index in [1.54, 1.807) is 0 Å². The molecule has 5 nitrogen and oxygen atoms in total. The van der Waals surface area contributed by atoms with Gasteiger partial charge in [-0.2, -0.15) is 0 Å². The second-order valence-corrected chi connectivity index (χ2v) is 6.14. The zero-order valence-corrected chi connectivity index (χ0v) is 13.3. The van der Waals surface area contributed by atoms with Gasteiger partial charge in [-0.05, 0) is 42.7 Å². The summed E-state index contributed by atoms with van der Waals surface area (Å²) in [6.07, 6.45) is 5.08. The Balaban J connectivity index is 1.53. The number of hydrogen-bond donors (Lipinski definition) is 2. The van der Waals surface area contributed by atoms with Crippen molar-refractivity contribution in [1.29, 1.82) is 0 Å². The van der Waals surface area contributed by atoms with Crippen LogP contribution in [0.5, 0.6) is 0 Å². The number of anilines is 2.